The van der Waals surface area contributed by atoms with E-state index in [1.54, 1.807) is 11.3 Å². The third kappa shape index (κ3) is 4.85. The molecule has 1 aromatic heterocycles. The van der Waals surface area contributed by atoms with Crippen molar-refractivity contribution in [3.63, 3.8) is 0 Å². The van der Waals surface area contributed by atoms with Gasteiger partial charge in [-0.2, -0.15) is 0 Å². The Bertz CT molecular complexity index is 838. The second-order valence-corrected chi connectivity index (χ2v) is 8.95. The molecule has 0 bridgehead atoms. The Balaban J connectivity index is 1.23. The van der Waals surface area contributed by atoms with Crippen LogP contribution < -0.4 is 0 Å². The number of aryl methyl sites for hydroxylation is 1. The Kier molecular flexibility index (Phi) is 6.25. The third-order valence-electron chi connectivity index (χ3n) is 5.89. The van der Waals surface area contributed by atoms with Crippen molar-refractivity contribution in [2.45, 2.75) is 26.3 Å². The van der Waals surface area contributed by atoms with Crippen molar-refractivity contribution in [1.29, 1.82) is 0 Å². The van der Waals surface area contributed by atoms with E-state index in [1.165, 1.54) is 0 Å². The van der Waals surface area contributed by atoms with Crippen LogP contribution in [0.25, 0.3) is 0 Å². The molecule has 0 spiro atoms. The Morgan fingerprint density at radius 3 is 2.28 bits per heavy atom. The number of nitrogens with zero attached hydrogens (tertiary/aromatic N) is 4. The second kappa shape index (κ2) is 9.05. The van der Waals surface area contributed by atoms with E-state index in [0.29, 0.717) is 26.2 Å². The van der Waals surface area contributed by atoms with Crippen LogP contribution in [0.4, 0.5) is 0 Å². The van der Waals surface area contributed by atoms with Crippen LogP contribution in [-0.4, -0.2) is 70.8 Å². The van der Waals surface area contributed by atoms with Gasteiger partial charge in [-0.1, -0.05) is 18.2 Å². The lowest BCUT2D eigenvalue weighted by Crippen LogP contribution is -2.52. The number of carbonyl (C=O) groups is 2. The predicted molar refractivity (Wildman–Crippen MR) is 114 cm³/mol. The van der Waals surface area contributed by atoms with Crippen molar-refractivity contribution >= 4 is 23.2 Å². The summed E-state index contributed by atoms with van der Waals surface area (Å²) in [4.78, 5) is 36.3. The molecular formula is C22H28N4O2S. The molecule has 4 rings (SSSR count). The molecule has 0 saturated carbocycles. The molecule has 2 saturated heterocycles. The molecule has 0 atom stereocenters. The van der Waals surface area contributed by atoms with E-state index in [4.69, 9.17) is 0 Å². The van der Waals surface area contributed by atoms with Crippen LogP contribution in [0, 0.1) is 12.8 Å². The highest BCUT2D eigenvalue weighted by Gasteiger charge is 2.31. The highest BCUT2D eigenvalue weighted by molar-refractivity contribution is 7.09. The smallest absolute Gasteiger partial charge is 0.253 e. The number of aromatic nitrogens is 1. The average Bonchev–Trinajstić information content (AvgIpc) is 3.18. The number of hydrogen-bond donors (Lipinski definition) is 0. The van der Waals surface area contributed by atoms with Crippen molar-refractivity contribution < 1.29 is 9.59 Å². The maximum absolute atomic E-state index is 13.0. The topological polar surface area (TPSA) is 56.8 Å². The molecule has 2 aliphatic rings. The van der Waals surface area contributed by atoms with E-state index in [1.807, 2.05) is 47.1 Å². The molecule has 6 nitrogen and oxygen atoms in total. The fourth-order valence-electron chi connectivity index (χ4n) is 4.20. The van der Waals surface area contributed by atoms with Crippen molar-refractivity contribution in [3.8, 4) is 0 Å². The molecule has 0 N–H and O–H groups in total. The van der Waals surface area contributed by atoms with Crippen LogP contribution in [0.2, 0.25) is 0 Å². The maximum atomic E-state index is 13.0. The molecule has 0 aliphatic carbocycles. The summed E-state index contributed by atoms with van der Waals surface area (Å²) in [6.45, 7) is 7.30. The van der Waals surface area contributed by atoms with Gasteiger partial charge < -0.3 is 9.80 Å². The van der Waals surface area contributed by atoms with Crippen LogP contribution in [0.3, 0.4) is 0 Å². The van der Waals surface area contributed by atoms with E-state index in [9.17, 15) is 9.59 Å². The number of thiazole rings is 1. The number of rotatable bonds is 4. The summed E-state index contributed by atoms with van der Waals surface area (Å²) in [5.74, 6) is 0.434. The van der Waals surface area contributed by atoms with Gasteiger partial charge in [0.05, 0.1) is 10.7 Å². The minimum atomic E-state index is 0.0586. The van der Waals surface area contributed by atoms with Gasteiger partial charge in [-0.25, -0.2) is 4.98 Å². The zero-order chi connectivity index (χ0) is 20.2. The van der Waals surface area contributed by atoms with Crippen LogP contribution >= 0.6 is 11.3 Å². The zero-order valence-electron chi connectivity index (χ0n) is 16.9. The van der Waals surface area contributed by atoms with E-state index in [2.05, 4.69) is 15.3 Å². The molecule has 1 aromatic carbocycles. The van der Waals surface area contributed by atoms with Crippen LogP contribution in [0.5, 0.6) is 0 Å². The Morgan fingerprint density at radius 2 is 1.66 bits per heavy atom. The molecule has 7 heteroatoms. The summed E-state index contributed by atoms with van der Waals surface area (Å²) in [6, 6.07) is 9.38. The Hall–Kier alpha value is -2.25. The van der Waals surface area contributed by atoms with Crippen molar-refractivity contribution in [2.24, 2.45) is 5.92 Å². The molecular weight excluding hydrogens is 384 g/mol. The number of benzene rings is 1. The number of piperidine rings is 1. The van der Waals surface area contributed by atoms with E-state index in [-0.39, 0.29) is 17.7 Å². The molecule has 2 aliphatic heterocycles. The predicted octanol–water partition coefficient (Wildman–Crippen LogP) is 2.65. The molecule has 29 heavy (non-hydrogen) atoms. The molecule has 0 radical (unpaired) electrons. The SMILES string of the molecule is Cc1nc(CN2CCC(C(=O)N3CCN(C(=O)c4ccccc4)CC3)CC2)cs1. The van der Waals surface area contributed by atoms with Crippen LogP contribution in [0.1, 0.15) is 33.9 Å². The molecule has 2 amide bonds. The lowest BCUT2D eigenvalue weighted by Gasteiger charge is -2.38. The van der Waals surface area contributed by atoms with Gasteiger partial charge >= 0.3 is 0 Å². The lowest BCUT2D eigenvalue weighted by atomic mass is 9.95. The molecule has 3 heterocycles. The fourth-order valence-corrected chi connectivity index (χ4v) is 4.80. The van der Waals surface area contributed by atoms with Gasteiger partial charge in [-0.05, 0) is 45.0 Å². The molecule has 2 fully saturated rings. The Labute approximate surface area is 176 Å². The van der Waals surface area contributed by atoms with E-state index in [0.717, 1.165) is 48.7 Å². The standard InChI is InChI=1S/C22H28N4O2S/c1-17-23-20(16-29-17)15-24-9-7-19(8-10-24)22(28)26-13-11-25(12-14-26)21(27)18-5-3-2-4-6-18/h2-6,16,19H,7-15H2,1H3. The average molecular weight is 413 g/mol. The first-order chi connectivity index (χ1) is 14.1. The van der Waals surface area contributed by atoms with Crippen LogP contribution in [0.15, 0.2) is 35.7 Å². The number of carbonyl (C=O) groups excluding carboxylic acids is 2. The number of hydrogen-bond acceptors (Lipinski definition) is 5. The summed E-state index contributed by atoms with van der Waals surface area (Å²) >= 11 is 1.69. The normalized spacial score (nSPS) is 18.8. The van der Waals surface area contributed by atoms with Gasteiger partial charge in [-0.3, -0.25) is 14.5 Å². The number of likely N-dealkylation sites (tertiary alicyclic amines) is 1. The first-order valence-electron chi connectivity index (χ1n) is 10.4. The summed E-state index contributed by atoms with van der Waals surface area (Å²) < 4.78 is 0. The summed E-state index contributed by atoms with van der Waals surface area (Å²) in [5, 5.41) is 3.23. The van der Waals surface area contributed by atoms with Gasteiger partial charge in [0.1, 0.15) is 0 Å². The summed E-state index contributed by atoms with van der Waals surface area (Å²) in [6.07, 6.45) is 1.82. The second-order valence-electron chi connectivity index (χ2n) is 7.89. The molecule has 0 unspecified atom stereocenters. The summed E-state index contributed by atoms with van der Waals surface area (Å²) in [7, 11) is 0. The lowest BCUT2D eigenvalue weighted by molar-refractivity contribution is -0.138. The highest BCUT2D eigenvalue weighted by atomic mass is 32.1. The minimum Gasteiger partial charge on any atom is -0.339 e. The highest BCUT2D eigenvalue weighted by Crippen LogP contribution is 2.22. The van der Waals surface area contributed by atoms with Gasteiger partial charge in [-0.15, -0.1) is 11.3 Å². The monoisotopic (exact) mass is 412 g/mol. The van der Waals surface area contributed by atoms with Crippen molar-refractivity contribution in [1.82, 2.24) is 19.7 Å². The van der Waals surface area contributed by atoms with E-state index < -0.39 is 0 Å². The van der Waals surface area contributed by atoms with Gasteiger partial charge in [0.25, 0.3) is 5.91 Å². The van der Waals surface area contributed by atoms with Gasteiger partial charge in [0.2, 0.25) is 5.91 Å². The number of piperazine rings is 1. The van der Waals surface area contributed by atoms with E-state index >= 15 is 0 Å². The largest absolute Gasteiger partial charge is 0.339 e. The van der Waals surface area contributed by atoms with Crippen LogP contribution in [-0.2, 0) is 11.3 Å². The van der Waals surface area contributed by atoms with Crippen molar-refractivity contribution in [3.05, 3.63) is 52.0 Å². The molecule has 154 valence electrons. The molecule has 2 aromatic rings. The quantitative estimate of drug-likeness (QED) is 0.775. The first kappa shape index (κ1) is 20.0. The number of amides is 2. The summed E-state index contributed by atoms with van der Waals surface area (Å²) in [5.41, 5.74) is 1.85. The Morgan fingerprint density at radius 1 is 1.00 bits per heavy atom. The van der Waals surface area contributed by atoms with Gasteiger partial charge in [0, 0.05) is 49.6 Å². The fraction of sp³-hybridized carbons (Fsp3) is 0.500. The van der Waals surface area contributed by atoms with Crippen molar-refractivity contribution in [2.75, 3.05) is 39.3 Å². The van der Waals surface area contributed by atoms with Gasteiger partial charge in [0.15, 0.2) is 0 Å². The maximum Gasteiger partial charge on any atom is 0.253 e. The third-order valence-corrected chi connectivity index (χ3v) is 6.71. The first-order valence-corrected chi connectivity index (χ1v) is 11.2. The zero-order valence-corrected chi connectivity index (χ0v) is 17.7. The minimum absolute atomic E-state index is 0.0586.